The molecule has 3 atom stereocenters. The van der Waals surface area contributed by atoms with Crippen LogP contribution in [0.4, 0.5) is 5.69 Å². The van der Waals surface area contributed by atoms with Crippen LogP contribution in [0.25, 0.3) is 0 Å². The van der Waals surface area contributed by atoms with Gasteiger partial charge in [0, 0.05) is 16.5 Å². The molecule has 0 spiro atoms. The lowest BCUT2D eigenvalue weighted by Gasteiger charge is -2.31. The molecule has 0 aliphatic carbocycles. The van der Waals surface area contributed by atoms with E-state index in [9.17, 15) is 29.1 Å². The van der Waals surface area contributed by atoms with E-state index >= 15 is 0 Å². The highest BCUT2D eigenvalue weighted by Crippen LogP contribution is 2.52. The number of phenolic OH excluding ortho intramolecular Hbond substituents is 1. The predicted octanol–water partition coefficient (Wildman–Crippen LogP) is 2.32. The first kappa shape index (κ1) is 26.5. The molecule has 2 aromatic carbocycles. The summed E-state index contributed by atoms with van der Waals surface area (Å²) in [6.45, 7) is 1.63. The van der Waals surface area contributed by atoms with E-state index in [1.165, 1.54) is 29.9 Å². The summed E-state index contributed by atoms with van der Waals surface area (Å²) in [6.07, 6.45) is 0. The number of nitrogens with one attached hydrogen (secondary N) is 2. The van der Waals surface area contributed by atoms with Crippen LogP contribution in [0.5, 0.6) is 11.5 Å². The molecule has 1 fully saturated rings. The summed E-state index contributed by atoms with van der Waals surface area (Å²) in [7, 11) is 1.40. The topological polar surface area (TPSA) is 153 Å². The summed E-state index contributed by atoms with van der Waals surface area (Å²) < 4.78 is 11.5. The molecule has 2 aliphatic rings. The molecule has 3 unspecified atom stereocenters. The van der Waals surface area contributed by atoms with Crippen LogP contribution in [0.3, 0.4) is 0 Å². The van der Waals surface area contributed by atoms with Crippen molar-refractivity contribution in [2.45, 2.75) is 29.7 Å². The maximum Gasteiger partial charge on any atom is 0.338 e. The van der Waals surface area contributed by atoms with Gasteiger partial charge in [-0.3, -0.25) is 29.1 Å². The number of thioether (sulfide) groups is 1. The van der Waals surface area contributed by atoms with Gasteiger partial charge in [-0.15, -0.1) is 0 Å². The Morgan fingerprint density at radius 2 is 1.85 bits per heavy atom. The number of thiazole rings is 1. The van der Waals surface area contributed by atoms with Gasteiger partial charge in [0.25, 0.3) is 0 Å². The zero-order chi connectivity index (χ0) is 27.8. The third-order valence-corrected chi connectivity index (χ3v) is 9.05. The fourth-order valence-corrected chi connectivity index (χ4v) is 7.41. The van der Waals surface area contributed by atoms with Gasteiger partial charge in [-0.25, -0.2) is 4.79 Å². The van der Waals surface area contributed by atoms with Crippen molar-refractivity contribution in [1.82, 2.24) is 9.88 Å². The third-order valence-electron chi connectivity index (χ3n) is 6.43. The largest absolute Gasteiger partial charge is 0.504 e. The molecule has 0 bridgehead atoms. The monoisotopic (exact) mass is 569 g/mol. The zero-order valence-corrected chi connectivity index (χ0v) is 22.4. The number of carbonyl (C=O) groups is 4. The third kappa shape index (κ3) is 4.90. The molecule has 3 heterocycles. The summed E-state index contributed by atoms with van der Waals surface area (Å²) in [6, 6.07) is 10.8. The number of hydrogen-bond acceptors (Lipinski definition) is 10. The minimum Gasteiger partial charge on any atom is -0.504 e. The van der Waals surface area contributed by atoms with Crippen molar-refractivity contribution in [3.8, 4) is 11.5 Å². The summed E-state index contributed by atoms with van der Waals surface area (Å²) >= 11 is 1.99. The summed E-state index contributed by atoms with van der Waals surface area (Å²) in [5.74, 6) is -3.21. The molecular formula is C26H23N3O8S2. The molecule has 3 aromatic rings. The number of fused-ring (bicyclic) bond motifs is 2. The van der Waals surface area contributed by atoms with Crippen LogP contribution in [0, 0.1) is 5.92 Å². The minimum atomic E-state index is -0.798. The Morgan fingerprint density at radius 3 is 2.54 bits per heavy atom. The standard InChI is InChI=1S/C26H23N3O8S2/c1-3-37-25(34)12-4-7-14(8-5-12)27-17(31)11-29-24-21(39-26(29)35)18(13-6-9-15(30)16(10-13)36-2)19-20(38-24)23(33)28-22(19)32/h4-10,18-20,30H,3,11H2,1-2H3,(H,27,31)(H,28,32,33). The number of ether oxygens (including phenoxy) is 2. The number of hydrogen-bond donors (Lipinski definition) is 3. The zero-order valence-electron chi connectivity index (χ0n) is 20.8. The number of amides is 3. The molecule has 39 heavy (non-hydrogen) atoms. The molecule has 1 aromatic heterocycles. The Bertz CT molecular complexity index is 1550. The Labute approximate surface area is 230 Å². The van der Waals surface area contributed by atoms with Gasteiger partial charge in [0.1, 0.15) is 11.8 Å². The minimum absolute atomic E-state index is 0.0899. The summed E-state index contributed by atoms with van der Waals surface area (Å²) in [4.78, 5) is 63.5. The molecule has 202 valence electrons. The van der Waals surface area contributed by atoms with Crippen LogP contribution < -0.4 is 20.2 Å². The van der Waals surface area contributed by atoms with Gasteiger partial charge in [0.05, 0.1) is 30.2 Å². The SMILES string of the molecule is CCOC(=O)c1ccc(NC(=O)Cn2c3c(sc2=O)C(c2ccc(O)c(OC)c2)C2C(=O)NC(=O)C2S3)cc1. The predicted molar refractivity (Wildman–Crippen MR) is 142 cm³/mol. The lowest BCUT2D eigenvalue weighted by atomic mass is 9.83. The van der Waals surface area contributed by atoms with E-state index in [-0.39, 0.29) is 24.7 Å². The highest BCUT2D eigenvalue weighted by atomic mass is 32.2. The Hall–Kier alpha value is -4.10. The Morgan fingerprint density at radius 1 is 1.10 bits per heavy atom. The van der Waals surface area contributed by atoms with Crippen molar-refractivity contribution in [3.05, 3.63) is 68.1 Å². The number of aromatic nitrogens is 1. The van der Waals surface area contributed by atoms with E-state index in [4.69, 9.17) is 9.47 Å². The van der Waals surface area contributed by atoms with Crippen LogP contribution >= 0.6 is 23.1 Å². The van der Waals surface area contributed by atoms with Crippen LogP contribution in [0.2, 0.25) is 0 Å². The van der Waals surface area contributed by atoms with E-state index in [0.717, 1.165) is 23.1 Å². The fourth-order valence-electron chi connectivity index (χ4n) is 4.67. The molecule has 11 nitrogen and oxygen atoms in total. The first-order chi connectivity index (χ1) is 18.7. The molecule has 5 rings (SSSR count). The Kier molecular flexibility index (Phi) is 7.19. The number of benzene rings is 2. The Balaban J connectivity index is 1.45. The maximum absolute atomic E-state index is 13.1. The van der Waals surface area contributed by atoms with Crippen molar-refractivity contribution in [1.29, 1.82) is 0 Å². The average Bonchev–Trinajstić information content (AvgIpc) is 3.38. The molecule has 0 radical (unpaired) electrons. The number of aromatic hydroxyl groups is 1. The smallest absolute Gasteiger partial charge is 0.338 e. The number of carbonyl (C=O) groups excluding carboxylic acids is 4. The van der Waals surface area contributed by atoms with E-state index in [1.807, 2.05) is 0 Å². The van der Waals surface area contributed by atoms with Crippen molar-refractivity contribution in [2.24, 2.45) is 5.92 Å². The van der Waals surface area contributed by atoms with Crippen molar-refractivity contribution >= 4 is 52.5 Å². The van der Waals surface area contributed by atoms with Gasteiger partial charge in [-0.05, 0) is 48.9 Å². The van der Waals surface area contributed by atoms with E-state index in [2.05, 4.69) is 10.6 Å². The maximum atomic E-state index is 13.1. The van der Waals surface area contributed by atoms with Crippen molar-refractivity contribution in [2.75, 3.05) is 19.0 Å². The number of methoxy groups -OCH3 is 1. The van der Waals surface area contributed by atoms with Gasteiger partial charge in [-0.2, -0.15) is 0 Å². The summed E-state index contributed by atoms with van der Waals surface area (Å²) in [5, 5.41) is 14.8. The van der Waals surface area contributed by atoms with Crippen LogP contribution in [-0.2, 0) is 25.7 Å². The molecule has 2 aliphatic heterocycles. The van der Waals surface area contributed by atoms with E-state index in [1.54, 1.807) is 31.2 Å². The van der Waals surface area contributed by atoms with Crippen molar-refractivity contribution in [3.63, 3.8) is 0 Å². The number of rotatable bonds is 7. The number of phenols is 1. The molecule has 3 amide bonds. The number of esters is 1. The van der Waals surface area contributed by atoms with Gasteiger partial charge < -0.3 is 19.9 Å². The number of nitrogens with zero attached hydrogens (tertiary/aromatic N) is 1. The molecule has 3 N–H and O–H groups in total. The van der Waals surface area contributed by atoms with Crippen LogP contribution in [0.15, 0.2) is 52.3 Å². The fraction of sp³-hybridized carbons (Fsp3) is 0.269. The molecule has 13 heteroatoms. The van der Waals surface area contributed by atoms with Gasteiger partial charge in [0.2, 0.25) is 17.7 Å². The van der Waals surface area contributed by atoms with Crippen molar-refractivity contribution < 1.29 is 33.8 Å². The van der Waals surface area contributed by atoms with Gasteiger partial charge in [-0.1, -0.05) is 29.2 Å². The second-order valence-corrected chi connectivity index (χ2v) is 10.9. The first-order valence-corrected chi connectivity index (χ1v) is 13.6. The number of anilines is 1. The molecule has 0 saturated carbocycles. The van der Waals surface area contributed by atoms with Gasteiger partial charge >= 0.3 is 10.8 Å². The average molecular weight is 570 g/mol. The second-order valence-electron chi connectivity index (χ2n) is 8.80. The molecular weight excluding hydrogens is 546 g/mol. The van der Waals surface area contributed by atoms with E-state index in [0.29, 0.717) is 26.7 Å². The van der Waals surface area contributed by atoms with E-state index < -0.39 is 45.6 Å². The van der Waals surface area contributed by atoms with Crippen LogP contribution in [0.1, 0.15) is 33.6 Å². The summed E-state index contributed by atoms with van der Waals surface area (Å²) in [5.41, 5.74) is 1.35. The quantitative estimate of drug-likeness (QED) is 0.287. The first-order valence-electron chi connectivity index (χ1n) is 11.9. The number of imide groups is 1. The second kappa shape index (κ2) is 10.6. The normalized spacial score (nSPS) is 19.6. The van der Waals surface area contributed by atoms with Gasteiger partial charge in [0.15, 0.2) is 11.5 Å². The highest BCUT2D eigenvalue weighted by Gasteiger charge is 2.53. The molecule has 1 saturated heterocycles. The van der Waals surface area contributed by atoms with Crippen LogP contribution in [-0.4, -0.2) is 52.3 Å². The lowest BCUT2D eigenvalue weighted by Crippen LogP contribution is -2.32. The lowest BCUT2D eigenvalue weighted by molar-refractivity contribution is -0.126. The highest BCUT2D eigenvalue weighted by molar-refractivity contribution is 8.00.